The molecule has 1 fully saturated rings. The van der Waals surface area contributed by atoms with E-state index in [9.17, 15) is 26.3 Å². The van der Waals surface area contributed by atoms with Gasteiger partial charge in [0.1, 0.15) is 11.9 Å². The van der Waals surface area contributed by atoms with E-state index in [0.29, 0.717) is 31.5 Å². The van der Waals surface area contributed by atoms with E-state index < -0.39 is 23.5 Å². The summed E-state index contributed by atoms with van der Waals surface area (Å²) in [6.07, 6.45) is -7.25. The van der Waals surface area contributed by atoms with Crippen molar-refractivity contribution in [3.8, 4) is 5.88 Å². The molecule has 2 aromatic rings. The van der Waals surface area contributed by atoms with Crippen molar-refractivity contribution in [3.63, 3.8) is 0 Å². The van der Waals surface area contributed by atoms with E-state index in [1.165, 1.54) is 6.07 Å². The summed E-state index contributed by atoms with van der Waals surface area (Å²) in [5.74, 6) is 0.440. The lowest BCUT2D eigenvalue weighted by atomic mass is 10.2. The third-order valence-corrected chi connectivity index (χ3v) is 3.90. The molecular weight excluding hydrogens is 364 g/mol. The van der Waals surface area contributed by atoms with E-state index in [-0.39, 0.29) is 12.0 Å². The fraction of sp³-hybridized carbons (Fsp3) is 0.375. The summed E-state index contributed by atoms with van der Waals surface area (Å²) < 4.78 is 80.7. The molecule has 0 spiro atoms. The molecule has 10 heteroatoms. The minimum absolute atomic E-state index is 0.0604. The van der Waals surface area contributed by atoms with Crippen LogP contribution in [-0.4, -0.2) is 29.2 Å². The van der Waals surface area contributed by atoms with Gasteiger partial charge in [0.15, 0.2) is 0 Å². The Morgan fingerprint density at radius 2 is 1.50 bits per heavy atom. The van der Waals surface area contributed by atoms with E-state index in [4.69, 9.17) is 4.74 Å². The molecule has 0 bridgehead atoms. The van der Waals surface area contributed by atoms with E-state index in [0.717, 1.165) is 24.4 Å². The maximum atomic E-state index is 12.6. The van der Waals surface area contributed by atoms with Crippen LogP contribution in [0.25, 0.3) is 0 Å². The molecule has 0 saturated carbocycles. The fourth-order valence-electron chi connectivity index (χ4n) is 2.56. The number of alkyl halides is 6. The summed E-state index contributed by atoms with van der Waals surface area (Å²) in [5, 5.41) is 0. The van der Waals surface area contributed by atoms with Gasteiger partial charge in [-0.1, -0.05) is 0 Å². The Balaban J connectivity index is 1.60. The van der Waals surface area contributed by atoms with Crippen LogP contribution in [-0.2, 0) is 12.4 Å². The average molecular weight is 377 g/mol. The number of hydrogen-bond donors (Lipinski definition) is 0. The molecule has 1 aliphatic heterocycles. The van der Waals surface area contributed by atoms with Gasteiger partial charge in [0, 0.05) is 31.4 Å². The molecule has 3 heterocycles. The molecule has 140 valence electrons. The first-order chi connectivity index (χ1) is 12.1. The number of anilines is 1. The van der Waals surface area contributed by atoms with Crippen molar-refractivity contribution in [2.45, 2.75) is 24.9 Å². The maximum Gasteiger partial charge on any atom is 0.417 e. The molecule has 1 saturated heterocycles. The summed E-state index contributed by atoms with van der Waals surface area (Å²) >= 11 is 0. The second kappa shape index (κ2) is 6.65. The molecule has 4 nitrogen and oxygen atoms in total. The van der Waals surface area contributed by atoms with Crippen LogP contribution in [0, 0.1) is 0 Å². The molecule has 26 heavy (non-hydrogen) atoms. The molecule has 0 radical (unpaired) electrons. The van der Waals surface area contributed by atoms with Gasteiger partial charge in [-0.3, -0.25) is 0 Å². The molecule has 0 aromatic carbocycles. The van der Waals surface area contributed by atoms with E-state index in [2.05, 4.69) is 9.97 Å². The lowest BCUT2D eigenvalue weighted by Gasteiger charge is -2.18. The van der Waals surface area contributed by atoms with Gasteiger partial charge in [-0.05, 0) is 18.2 Å². The molecular formula is C16H13F6N3O. The molecule has 0 aliphatic carbocycles. The molecule has 2 aromatic heterocycles. The molecule has 1 aliphatic rings. The minimum atomic E-state index is -4.47. The Bertz CT molecular complexity index is 743. The van der Waals surface area contributed by atoms with Crippen LogP contribution in [0.4, 0.5) is 32.2 Å². The van der Waals surface area contributed by atoms with Crippen LogP contribution in [0.15, 0.2) is 36.7 Å². The Hall–Kier alpha value is -2.52. The first kappa shape index (κ1) is 18.3. The van der Waals surface area contributed by atoms with Gasteiger partial charge in [-0.15, -0.1) is 0 Å². The van der Waals surface area contributed by atoms with Crippen molar-refractivity contribution in [3.05, 3.63) is 47.8 Å². The second-order valence-electron chi connectivity index (χ2n) is 5.76. The van der Waals surface area contributed by atoms with Crippen LogP contribution in [0.3, 0.4) is 0 Å². The highest BCUT2D eigenvalue weighted by Crippen LogP contribution is 2.31. The van der Waals surface area contributed by atoms with Crippen molar-refractivity contribution in [2.75, 3.05) is 18.0 Å². The van der Waals surface area contributed by atoms with Crippen molar-refractivity contribution >= 4 is 5.82 Å². The molecule has 0 N–H and O–H groups in total. The highest BCUT2D eigenvalue weighted by molar-refractivity contribution is 5.41. The van der Waals surface area contributed by atoms with Gasteiger partial charge in [0.05, 0.1) is 17.7 Å². The van der Waals surface area contributed by atoms with Gasteiger partial charge in [0.2, 0.25) is 5.88 Å². The second-order valence-corrected chi connectivity index (χ2v) is 5.76. The number of halogens is 6. The van der Waals surface area contributed by atoms with Crippen molar-refractivity contribution in [1.29, 1.82) is 0 Å². The van der Waals surface area contributed by atoms with Gasteiger partial charge in [-0.25, -0.2) is 9.97 Å². The predicted molar refractivity (Wildman–Crippen MR) is 79.7 cm³/mol. The largest absolute Gasteiger partial charge is 0.472 e. The van der Waals surface area contributed by atoms with Crippen LogP contribution >= 0.6 is 0 Å². The van der Waals surface area contributed by atoms with E-state index in [1.54, 1.807) is 4.90 Å². The van der Waals surface area contributed by atoms with E-state index in [1.807, 2.05) is 0 Å². The predicted octanol–water partition coefficient (Wildman–Crippen LogP) is 4.17. The summed E-state index contributed by atoms with van der Waals surface area (Å²) in [7, 11) is 0. The first-order valence-electron chi connectivity index (χ1n) is 7.61. The maximum absolute atomic E-state index is 12.6. The summed E-state index contributed by atoms with van der Waals surface area (Å²) in [5.41, 5.74) is -1.70. The minimum Gasteiger partial charge on any atom is -0.472 e. The van der Waals surface area contributed by atoms with Crippen LogP contribution in [0.1, 0.15) is 17.5 Å². The SMILES string of the molecule is FC(F)(F)c1ccc(OC2CCN(c3ccc(C(F)(F)F)cn3)C2)nc1. The third-order valence-electron chi connectivity index (χ3n) is 3.90. The van der Waals surface area contributed by atoms with Crippen molar-refractivity contribution < 1.29 is 31.1 Å². The number of aromatic nitrogens is 2. The standard InChI is InChI=1S/C16H13F6N3O/c17-15(18,19)10-1-3-13(23-7-10)25-6-5-12(9-25)26-14-4-2-11(8-24-14)16(20,21)22/h1-4,7-8,12H,5-6,9H2. The van der Waals surface area contributed by atoms with Gasteiger partial charge < -0.3 is 9.64 Å². The molecule has 1 atom stereocenters. The first-order valence-corrected chi connectivity index (χ1v) is 7.61. The van der Waals surface area contributed by atoms with Crippen LogP contribution in [0.5, 0.6) is 5.88 Å². The average Bonchev–Trinajstić information content (AvgIpc) is 3.02. The Kier molecular flexibility index (Phi) is 4.68. The molecule has 0 amide bonds. The number of hydrogen-bond acceptors (Lipinski definition) is 4. The van der Waals surface area contributed by atoms with Crippen molar-refractivity contribution in [2.24, 2.45) is 0 Å². The number of nitrogens with zero attached hydrogens (tertiary/aromatic N) is 3. The monoisotopic (exact) mass is 377 g/mol. The highest BCUT2D eigenvalue weighted by Gasteiger charge is 2.32. The zero-order chi connectivity index (χ0) is 18.9. The topological polar surface area (TPSA) is 38.2 Å². The third kappa shape index (κ3) is 4.17. The molecule has 3 rings (SSSR count). The smallest absolute Gasteiger partial charge is 0.417 e. The van der Waals surface area contributed by atoms with Crippen molar-refractivity contribution in [1.82, 2.24) is 9.97 Å². The quantitative estimate of drug-likeness (QED) is 0.753. The van der Waals surface area contributed by atoms with E-state index >= 15 is 0 Å². The van der Waals surface area contributed by atoms with Crippen LogP contribution < -0.4 is 9.64 Å². The fourth-order valence-corrected chi connectivity index (χ4v) is 2.56. The number of ether oxygens (including phenoxy) is 1. The summed E-state index contributed by atoms with van der Waals surface area (Å²) in [6.45, 7) is 0.852. The highest BCUT2D eigenvalue weighted by atomic mass is 19.4. The zero-order valence-electron chi connectivity index (χ0n) is 13.2. The number of rotatable bonds is 3. The lowest BCUT2D eigenvalue weighted by molar-refractivity contribution is -0.138. The molecule has 1 unspecified atom stereocenters. The Morgan fingerprint density at radius 1 is 0.885 bits per heavy atom. The van der Waals surface area contributed by atoms with Crippen LogP contribution in [0.2, 0.25) is 0 Å². The van der Waals surface area contributed by atoms with Gasteiger partial charge >= 0.3 is 12.4 Å². The Labute approximate surface area is 144 Å². The van der Waals surface area contributed by atoms with Gasteiger partial charge in [0.25, 0.3) is 0 Å². The summed E-state index contributed by atoms with van der Waals surface area (Å²) in [4.78, 5) is 9.21. The zero-order valence-corrected chi connectivity index (χ0v) is 13.2. The number of pyridine rings is 2. The normalized spacial score (nSPS) is 18.2. The lowest BCUT2D eigenvalue weighted by Crippen LogP contribution is -2.25. The summed E-state index contributed by atoms with van der Waals surface area (Å²) in [6, 6.07) is 4.25. The Morgan fingerprint density at radius 3 is 2.00 bits per heavy atom. The van der Waals surface area contributed by atoms with Gasteiger partial charge in [-0.2, -0.15) is 26.3 Å².